The molecule has 0 amide bonds. The van der Waals surface area contributed by atoms with E-state index in [0.717, 1.165) is 18.5 Å². The summed E-state index contributed by atoms with van der Waals surface area (Å²) in [5, 5.41) is 0.601. The van der Waals surface area contributed by atoms with E-state index >= 15 is 0 Å². The Hall–Kier alpha value is -0.830. The van der Waals surface area contributed by atoms with E-state index in [9.17, 15) is 4.57 Å². The van der Waals surface area contributed by atoms with Gasteiger partial charge in [0.25, 0.3) is 7.52 Å². The largest absolute Gasteiger partial charge is 0.378 e. The first kappa shape index (κ1) is 18.5. The average Bonchev–Trinajstić information content (AvgIpc) is 2.46. The van der Waals surface area contributed by atoms with Crippen LogP contribution in [0.4, 0.5) is 5.69 Å². The molecular weight excluding hydrogens is 307 g/mol. The minimum Gasteiger partial charge on any atom is -0.378 e. The average molecular weight is 338 g/mol. The third-order valence-corrected chi connectivity index (χ3v) is 6.58. The summed E-state index contributed by atoms with van der Waals surface area (Å²) < 4.78 is 19.0. The number of nitrogens with two attached hydrogens (primary N) is 1. The molecule has 0 spiro atoms. The summed E-state index contributed by atoms with van der Waals surface area (Å²) in [6.45, 7) is 6.66. The number of hydrogen-bond donors (Lipinski definition) is 1. The molecule has 2 N–H and O–H groups in total. The summed E-state index contributed by atoms with van der Waals surface area (Å²) >= 11 is 0. The summed E-state index contributed by atoms with van der Waals surface area (Å²) in [5.74, 6) is 1.55. The minimum atomic E-state index is -3.29. The lowest BCUT2D eigenvalue weighted by molar-refractivity contribution is 0.0498. The van der Waals surface area contributed by atoms with Gasteiger partial charge in [0.15, 0.2) is 0 Å². The first-order chi connectivity index (χ1) is 10.7. The maximum atomic E-state index is 13.0. The number of hydrogen-bond acceptors (Lipinski definition) is 3. The van der Waals surface area contributed by atoms with Gasteiger partial charge >= 0.3 is 0 Å². The van der Waals surface area contributed by atoms with Crippen LogP contribution in [0.5, 0.6) is 0 Å². The Morgan fingerprint density at radius 1 is 1.22 bits per heavy atom. The van der Waals surface area contributed by atoms with Crippen molar-refractivity contribution in [3.05, 3.63) is 24.3 Å². The Labute approximate surface area is 140 Å². The van der Waals surface area contributed by atoms with Crippen LogP contribution in [0.2, 0.25) is 0 Å². The van der Waals surface area contributed by atoms with Crippen molar-refractivity contribution in [2.24, 2.45) is 23.3 Å². The molecular formula is C18H31N2O2P. The van der Waals surface area contributed by atoms with Crippen LogP contribution < -0.4 is 15.7 Å². The van der Waals surface area contributed by atoms with Gasteiger partial charge in [0, 0.05) is 19.8 Å². The highest BCUT2D eigenvalue weighted by Crippen LogP contribution is 2.45. The fourth-order valence-electron chi connectivity index (χ4n) is 3.46. The predicted octanol–water partition coefficient (Wildman–Crippen LogP) is 4.01. The molecule has 23 heavy (non-hydrogen) atoms. The molecule has 1 fully saturated rings. The minimum absolute atomic E-state index is 0.0110. The molecule has 0 heterocycles. The van der Waals surface area contributed by atoms with Crippen LogP contribution in [-0.4, -0.2) is 20.2 Å². The standard InChI is InChI=1S/C18H31N2O2P/c1-13(2)17-11-6-14(3)12-18(17)22-23(19,21)16-9-7-15(8-10-16)20(4)5/h7-10,13-14,17-18H,6,11-12H2,1-5H3,(H2,19,21)/t14-,17-,18-,23-/m1/s1. The maximum Gasteiger partial charge on any atom is 0.297 e. The fraction of sp³-hybridized carbons (Fsp3) is 0.667. The van der Waals surface area contributed by atoms with Gasteiger partial charge in [-0.2, -0.15) is 0 Å². The van der Waals surface area contributed by atoms with E-state index in [1.807, 2.05) is 43.3 Å². The monoisotopic (exact) mass is 338 g/mol. The lowest BCUT2D eigenvalue weighted by Crippen LogP contribution is -2.35. The smallest absolute Gasteiger partial charge is 0.297 e. The topological polar surface area (TPSA) is 55.6 Å². The zero-order chi connectivity index (χ0) is 17.2. The highest BCUT2D eigenvalue weighted by atomic mass is 31.2. The number of benzene rings is 1. The van der Waals surface area contributed by atoms with Gasteiger partial charge in [-0.3, -0.25) is 10.1 Å². The Morgan fingerprint density at radius 2 is 1.83 bits per heavy atom. The van der Waals surface area contributed by atoms with E-state index in [1.165, 1.54) is 6.42 Å². The summed E-state index contributed by atoms with van der Waals surface area (Å²) in [7, 11) is 0.667. The molecule has 1 aliphatic rings. The lowest BCUT2D eigenvalue weighted by atomic mass is 9.75. The number of nitrogens with zero attached hydrogens (tertiary/aromatic N) is 1. The molecule has 0 aliphatic heterocycles. The van der Waals surface area contributed by atoms with Gasteiger partial charge in [-0.1, -0.05) is 27.2 Å². The zero-order valence-electron chi connectivity index (χ0n) is 15.0. The van der Waals surface area contributed by atoms with E-state index < -0.39 is 7.52 Å². The first-order valence-corrected chi connectivity index (χ1v) is 10.2. The maximum absolute atomic E-state index is 13.0. The highest BCUT2D eigenvalue weighted by Gasteiger charge is 2.36. The van der Waals surface area contributed by atoms with Crippen LogP contribution in [0.3, 0.4) is 0 Å². The van der Waals surface area contributed by atoms with Crippen molar-refractivity contribution in [1.29, 1.82) is 0 Å². The second kappa shape index (κ2) is 7.38. The first-order valence-electron chi connectivity index (χ1n) is 8.55. The molecule has 130 valence electrons. The van der Waals surface area contributed by atoms with Crippen molar-refractivity contribution in [3.63, 3.8) is 0 Å². The van der Waals surface area contributed by atoms with Crippen molar-refractivity contribution < 1.29 is 9.09 Å². The Kier molecular flexibility index (Phi) is 5.94. The van der Waals surface area contributed by atoms with Crippen LogP contribution in [0.1, 0.15) is 40.0 Å². The van der Waals surface area contributed by atoms with Gasteiger partial charge in [-0.15, -0.1) is 0 Å². The fourth-order valence-corrected chi connectivity index (χ4v) is 4.79. The van der Waals surface area contributed by atoms with Crippen molar-refractivity contribution in [1.82, 2.24) is 0 Å². The molecule has 1 aromatic carbocycles. The van der Waals surface area contributed by atoms with Gasteiger partial charge in [0.2, 0.25) is 0 Å². The van der Waals surface area contributed by atoms with Crippen molar-refractivity contribution in [2.75, 3.05) is 19.0 Å². The van der Waals surface area contributed by atoms with Crippen molar-refractivity contribution in [3.8, 4) is 0 Å². The molecule has 4 atom stereocenters. The van der Waals surface area contributed by atoms with Crippen LogP contribution in [0.15, 0.2) is 24.3 Å². The van der Waals surface area contributed by atoms with E-state index in [4.69, 9.17) is 10.0 Å². The van der Waals surface area contributed by atoms with E-state index in [2.05, 4.69) is 20.8 Å². The summed E-state index contributed by atoms with van der Waals surface area (Å²) in [6.07, 6.45) is 3.28. The molecule has 0 aromatic heterocycles. The van der Waals surface area contributed by atoms with Gasteiger partial charge in [-0.25, -0.2) is 0 Å². The van der Waals surface area contributed by atoms with Crippen molar-refractivity contribution in [2.45, 2.75) is 46.1 Å². The van der Waals surface area contributed by atoms with Crippen LogP contribution in [-0.2, 0) is 9.09 Å². The van der Waals surface area contributed by atoms with Crippen LogP contribution in [0.25, 0.3) is 0 Å². The van der Waals surface area contributed by atoms with Gasteiger partial charge in [0.1, 0.15) is 0 Å². The second-order valence-corrected chi connectivity index (χ2v) is 9.40. The SMILES string of the molecule is CC(C)[C@H]1CC[C@@H](C)C[C@H]1O[P@](N)(=O)c1ccc(N(C)C)cc1. The van der Waals surface area contributed by atoms with Gasteiger partial charge < -0.3 is 9.42 Å². The van der Waals surface area contributed by atoms with Crippen LogP contribution >= 0.6 is 7.52 Å². The Morgan fingerprint density at radius 3 is 2.35 bits per heavy atom. The summed E-state index contributed by atoms with van der Waals surface area (Å²) in [5.41, 5.74) is 7.18. The quantitative estimate of drug-likeness (QED) is 0.824. The number of anilines is 1. The molecule has 0 saturated heterocycles. The molecule has 1 aromatic rings. The predicted molar refractivity (Wildman–Crippen MR) is 98.4 cm³/mol. The van der Waals surface area contributed by atoms with E-state index in [1.54, 1.807) is 0 Å². The summed E-state index contributed by atoms with van der Waals surface area (Å²) in [4.78, 5) is 2.00. The Bertz CT molecular complexity index is 557. The molecule has 0 bridgehead atoms. The normalized spacial score (nSPS) is 27.7. The highest BCUT2D eigenvalue weighted by molar-refractivity contribution is 7.64. The van der Waals surface area contributed by atoms with Gasteiger partial charge in [-0.05, 0) is 54.9 Å². The summed E-state index contributed by atoms with van der Waals surface area (Å²) in [6, 6.07) is 7.52. The molecule has 1 aliphatic carbocycles. The van der Waals surface area contributed by atoms with Crippen molar-refractivity contribution >= 4 is 18.5 Å². The third-order valence-electron chi connectivity index (χ3n) is 4.98. The number of rotatable bonds is 5. The molecule has 1 saturated carbocycles. The van der Waals surface area contributed by atoms with E-state index in [-0.39, 0.29) is 6.10 Å². The van der Waals surface area contributed by atoms with E-state index in [0.29, 0.717) is 23.1 Å². The van der Waals surface area contributed by atoms with Crippen LogP contribution in [0, 0.1) is 17.8 Å². The lowest BCUT2D eigenvalue weighted by Gasteiger charge is -2.38. The Balaban J connectivity index is 2.16. The second-order valence-electron chi connectivity index (χ2n) is 7.48. The molecule has 0 radical (unpaired) electrons. The molecule has 4 nitrogen and oxygen atoms in total. The van der Waals surface area contributed by atoms with Gasteiger partial charge in [0.05, 0.1) is 11.4 Å². The third kappa shape index (κ3) is 4.59. The molecule has 0 unspecified atom stereocenters. The molecule has 5 heteroatoms. The molecule has 2 rings (SSSR count). The zero-order valence-corrected chi connectivity index (χ0v) is 15.9.